The summed E-state index contributed by atoms with van der Waals surface area (Å²) in [5.74, 6) is -2.44. The van der Waals surface area contributed by atoms with Crippen LogP contribution in [0.25, 0.3) is 0 Å². The number of aromatic carboxylic acids is 2. The van der Waals surface area contributed by atoms with Gasteiger partial charge in [-0.1, -0.05) is 71.1 Å². The van der Waals surface area contributed by atoms with E-state index in [1.165, 1.54) is 69.9 Å². The topological polar surface area (TPSA) is 86.6 Å². The SMILES string of the molecule is CCCCCCCCCCCCCNc1ccc(C(=O)O)c(C(=O)O)c1.[NaH].[NaH]. The number of nitrogens with one attached hydrogen (secondary N) is 1. The van der Waals surface area contributed by atoms with Crippen molar-refractivity contribution in [3.63, 3.8) is 0 Å². The molecule has 150 valence electrons. The monoisotopic (exact) mass is 411 g/mol. The molecule has 0 aliphatic rings. The quantitative estimate of drug-likeness (QED) is 0.292. The van der Waals surface area contributed by atoms with Gasteiger partial charge in [0.1, 0.15) is 0 Å². The van der Waals surface area contributed by atoms with E-state index in [9.17, 15) is 9.59 Å². The molecule has 0 fully saturated rings. The van der Waals surface area contributed by atoms with E-state index in [-0.39, 0.29) is 70.2 Å². The van der Waals surface area contributed by atoms with Crippen molar-refractivity contribution in [2.45, 2.75) is 77.6 Å². The van der Waals surface area contributed by atoms with Gasteiger partial charge in [0.25, 0.3) is 0 Å². The fraction of sp³-hybridized carbons (Fsp3) is 0.619. The molecule has 1 aromatic carbocycles. The Bertz CT molecular complexity index is 567. The first-order valence-corrected chi connectivity index (χ1v) is 9.90. The average Bonchev–Trinajstić information content (AvgIpc) is 2.62. The summed E-state index contributed by atoms with van der Waals surface area (Å²) < 4.78 is 0. The second-order valence-corrected chi connectivity index (χ2v) is 6.83. The Kier molecular flexibility index (Phi) is 20.4. The first-order chi connectivity index (χ1) is 12.6. The van der Waals surface area contributed by atoms with Crippen LogP contribution in [0.5, 0.6) is 0 Å². The number of carboxylic acid groups (broad SMARTS) is 2. The van der Waals surface area contributed by atoms with E-state index in [1.807, 2.05) is 0 Å². The van der Waals surface area contributed by atoms with E-state index in [0.29, 0.717) is 5.69 Å². The van der Waals surface area contributed by atoms with E-state index in [2.05, 4.69) is 12.2 Å². The third kappa shape index (κ3) is 13.2. The zero-order valence-electron chi connectivity index (χ0n) is 15.9. The second kappa shape index (κ2) is 19.0. The molecule has 0 bridgehead atoms. The van der Waals surface area contributed by atoms with Gasteiger partial charge in [-0.25, -0.2) is 9.59 Å². The zero-order chi connectivity index (χ0) is 19.2. The van der Waals surface area contributed by atoms with Crippen LogP contribution >= 0.6 is 0 Å². The molecule has 0 heterocycles. The van der Waals surface area contributed by atoms with E-state index in [1.54, 1.807) is 6.07 Å². The van der Waals surface area contributed by atoms with Crippen LogP contribution in [0.1, 0.15) is 98.3 Å². The Hall–Kier alpha value is -0.0400. The molecule has 1 rings (SSSR count). The summed E-state index contributed by atoms with van der Waals surface area (Å²) in [6.07, 6.45) is 14.1. The van der Waals surface area contributed by atoms with Crippen molar-refractivity contribution in [1.82, 2.24) is 0 Å². The van der Waals surface area contributed by atoms with Crippen LogP contribution in [-0.4, -0.2) is 87.8 Å². The summed E-state index contributed by atoms with van der Waals surface area (Å²) in [6, 6.07) is 4.35. The van der Waals surface area contributed by atoms with Gasteiger partial charge in [-0.2, -0.15) is 0 Å². The van der Waals surface area contributed by atoms with Crippen LogP contribution in [0, 0.1) is 0 Å². The molecule has 0 aliphatic heterocycles. The van der Waals surface area contributed by atoms with Gasteiger partial charge in [0.05, 0.1) is 11.1 Å². The summed E-state index contributed by atoms with van der Waals surface area (Å²) in [5.41, 5.74) is 0.290. The third-order valence-corrected chi connectivity index (χ3v) is 4.59. The van der Waals surface area contributed by atoms with Gasteiger partial charge in [-0.3, -0.25) is 0 Å². The Labute approximate surface area is 213 Å². The molecule has 0 aliphatic carbocycles. The van der Waals surface area contributed by atoms with Crippen molar-refractivity contribution < 1.29 is 19.8 Å². The average molecular weight is 411 g/mol. The number of hydrogen-bond acceptors (Lipinski definition) is 3. The van der Waals surface area contributed by atoms with Crippen molar-refractivity contribution in [2.24, 2.45) is 0 Å². The van der Waals surface area contributed by atoms with E-state index in [0.717, 1.165) is 19.4 Å². The van der Waals surface area contributed by atoms with Crippen molar-refractivity contribution in [2.75, 3.05) is 11.9 Å². The van der Waals surface area contributed by atoms with Crippen molar-refractivity contribution >= 4 is 76.7 Å². The van der Waals surface area contributed by atoms with Gasteiger partial charge in [-0.15, -0.1) is 0 Å². The summed E-state index contributed by atoms with van der Waals surface area (Å²) in [4.78, 5) is 22.2. The van der Waals surface area contributed by atoms with E-state index >= 15 is 0 Å². The summed E-state index contributed by atoms with van der Waals surface area (Å²) in [7, 11) is 0. The number of carboxylic acids is 2. The van der Waals surface area contributed by atoms with Crippen molar-refractivity contribution in [3.05, 3.63) is 29.3 Å². The summed E-state index contributed by atoms with van der Waals surface area (Å²) in [6.45, 7) is 3.01. The molecule has 0 atom stereocenters. The maximum absolute atomic E-state index is 11.2. The molecule has 0 saturated heterocycles. The molecule has 5 nitrogen and oxygen atoms in total. The number of unbranched alkanes of at least 4 members (excludes halogenated alkanes) is 10. The Balaban J connectivity index is 0. The molecule has 7 heteroatoms. The number of hydrogen-bond donors (Lipinski definition) is 3. The fourth-order valence-electron chi connectivity index (χ4n) is 3.04. The molecule has 0 unspecified atom stereocenters. The van der Waals surface area contributed by atoms with Crippen LogP contribution in [-0.2, 0) is 0 Å². The van der Waals surface area contributed by atoms with Crippen LogP contribution in [0.3, 0.4) is 0 Å². The molecule has 0 saturated carbocycles. The molecular formula is C21H35NNa2O4. The normalized spacial score (nSPS) is 9.89. The maximum atomic E-state index is 11.2. The van der Waals surface area contributed by atoms with Gasteiger partial charge in [0.2, 0.25) is 0 Å². The van der Waals surface area contributed by atoms with Crippen molar-refractivity contribution in [1.29, 1.82) is 0 Å². The van der Waals surface area contributed by atoms with Crippen LogP contribution in [0.15, 0.2) is 18.2 Å². The molecule has 0 radical (unpaired) electrons. The van der Waals surface area contributed by atoms with Gasteiger partial charge in [0, 0.05) is 12.2 Å². The van der Waals surface area contributed by atoms with Crippen molar-refractivity contribution in [3.8, 4) is 0 Å². The fourth-order valence-corrected chi connectivity index (χ4v) is 3.04. The standard InChI is InChI=1S/C21H33NO4.2Na.2H/c1-2-3-4-5-6-7-8-9-10-11-12-15-22-17-13-14-18(20(23)24)19(16-17)21(25)26;;;;/h13-14,16,22H,2-12,15H2,1H3,(H,23,24)(H,25,26);;;;. The molecule has 0 aromatic heterocycles. The van der Waals surface area contributed by atoms with Gasteiger partial charge in [-0.05, 0) is 24.6 Å². The molecular weight excluding hydrogens is 376 g/mol. The second-order valence-electron chi connectivity index (χ2n) is 6.83. The van der Waals surface area contributed by atoms with Gasteiger partial charge < -0.3 is 15.5 Å². The molecule has 28 heavy (non-hydrogen) atoms. The molecule has 0 spiro atoms. The van der Waals surface area contributed by atoms with Crippen LogP contribution < -0.4 is 5.32 Å². The number of rotatable bonds is 15. The Morgan fingerprint density at radius 2 is 1.21 bits per heavy atom. The number of carbonyl (C=O) groups is 2. The number of benzene rings is 1. The molecule has 3 N–H and O–H groups in total. The predicted molar refractivity (Wildman–Crippen MR) is 120 cm³/mol. The van der Waals surface area contributed by atoms with E-state index < -0.39 is 11.9 Å². The van der Waals surface area contributed by atoms with E-state index in [4.69, 9.17) is 10.2 Å². The minimum absolute atomic E-state index is 0. The molecule has 0 amide bonds. The minimum atomic E-state index is -1.22. The molecule has 1 aromatic rings. The summed E-state index contributed by atoms with van der Waals surface area (Å²) in [5, 5.41) is 21.3. The first-order valence-electron chi connectivity index (χ1n) is 9.90. The zero-order valence-corrected chi connectivity index (χ0v) is 15.9. The third-order valence-electron chi connectivity index (χ3n) is 4.59. The Morgan fingerprint density at radius 1 is 0.750 bits per heavy atom. The number of anilines is 1. The predicted octanol–water partition coefficient (Wildman–Crippen LogP) is 4.51. The first kappa shape index (κ1) is 30.2. The van der Waals surface area contributed by atoms with Crippen LogP contribution in [0.4, 0.5) is 5.69 Å². The van der Waals surface area contributed by atoms with Crippen LogP contribution in [0.2, 0.25) is 0 Å². The summed E-state index contributed by atoms with van der Waals surface area (Å²) >= 11 is 0. The van der Waals surface area contributed by atoms with Gasteiger partial charge in [0.15, 0.2) is 0 Å². The van der Waals surface area contributed by atoms with Gasteiger partial charge >= 0.3 is 71.1 Å². The Morgan fingerprint density at radius 3 is 1.68 bits per heavy atom.